The van der Waals surface area contributed by atoms with Crippen LogP contribution in [0.15, 0.2) is 24.5 Å². The fourth-order valence-electron chi connectivity index (χ4n) is 4.02. The fourth-order valence-corrected chi connectivity index (χ4v) is 5.22. The molecule has 1 fully saturated rings. The number of rotatable bonds is 4. The van der Waals surface area contributed by atoms with E-state index in [2.05, 4.69) is 36.0 Å². The predicted molar refractivity (Wildman–Crippen MR) is 114 cm³/mol. The molecule has 1 saturated heterocycles. The van der Waals surface area contributed by atoms with Crippen molar-refractivity contribution >= 4 is 32.6 Å². The number of amides is 1. The number of hydrogen-bond acceptors (Lipinski definition) is 5. The molecule has 0 radical (unpaired) electrons. The first-order valence-corrected chi connectivity index (χ1v) is 10.6. The van der Waals surface area contributed by atoms with E-state index in [0.717, 1.165) is 43.1 Å². The molecule has 1 aromatic carbocycles. The van der Waals surface area contributed by atoms with Gasteiger partial charge in [-0.25, -0.2) is 4.98 Å². The van der Waals surface area contributed by atoms with E-state index in [1.807, 2.05) is 19.0 Å². The Morgan fingerprint density at radius 2 is 2.04 bits per heavy atom. The van der Waals surface area contributed by atoms with E-state index < -0.39 is 0 Å². The minimum Gasteiger partial charge on any atom is -0.348 e. The molecule has 28 heavy (non-hydrogen) atoms. The second kappa shape index (κ2) is 7.54. The van der Waals surface area contributed by atoms with Crippen molar-refractivity contribution in [3.8, 4) is 0 Å². The van der Waals surface area contributed by atoms with E-state index in [1.165, 1.54) is 15.8 Å². The van der Waals surface area contributed by atoms with Gasteiger partial charge in [0, 0.05) is 39.9 Å². The average Bonchev–Trinajstić information content (AvgIpc) is 3.28. The highest BCUT2D eigenvalue weighted by Gasteiger charge is 2.24. The van der Waals surface area contributed by atoms with Gasteiger partial charge in [-0.05, 0) is 49.8 Å². The molecule has 1 aliphatic rings. The maximum absolute atomic E-state index is 12.5. The molecule has 1 aliphatic heterocycles. The van der Waals surface area contributed by atoms with Gasteiger partial charge in [0.2, 0.25) is 0 Å². The first-order chi connectivity index (χ1) is 13.4. The van der Waals surface area contributed by atoms with Gasteiger partial charge in [0.05, 0.1) is 22.0 Å². The van der Waals surface area contributed by atoms with Crippen LogP contribution in [0.25, 0.3) is 10.2 Å². The molecular formula is C21H27N5OS. The summed E-state index contributed by atoms with van der Waals surface area (Å²) in [5, 5.41) is 5.22. The number of aromatic nitrogens is 3. The highest BCUT2D eigenvalue weighted by molar-refractivity contribution is 7.22. The van der Waals surface area contributed by atoms with Crippen LogP contribution in [0.2, 0.25) is 0 Å². The van der Waals surface area contributed by atoms with Crippen LogP contribution in [0.3, 0.4) is 0 Å². The molecule has 0 atom stereocenters. The third-order valence-corrected chi connectivity index (χ3v) is 6.60. The van der Waals surface area contributed by atoms with Crippen LogP contribution in [-0.2, 0) is 7.05 Å². The molecule has 1 amide bonds. The van der Waals surface area contributed by atoms with Gasteiger partial charge in [-0.2, -0.15) is 5.10 Å². The summed E-state index contributed by atoms with van der Waals surface area (Å²) in [4.78, 5) is 21.7. The van der Waals surface area contributed by atoms with Crippen LogP contribution in [0.4, 0.5) is 5.13 Å². The largest absolute Gasteiger partial charge is 0.348 e. The third kappa shape index (κ3) is 3.76. The van der Waals surface area contributed by atoms with Crippen molar-refractivity contribution in [2.75, 3.05) is 31.6 Å². The molecule has 4 rings (SSSR count). The van der Waals surface area contributed by atoms with Gasteiger partial charge in [0.15, 0.2) is 5.13 Å². The van der Waals surface area contributed by atoms with Crippen LogP contribution < -0.4 is 4.90 Å². The minimum absolute atomic E-state index is 0.0487. The van der Waals surface area contributed by atoms with Gasteiger partial charge in [-0.1, -0.05) is 17.4 Å². The Labute approximate surface area is 169 Å². The summed E-state index contributed by atoms with van der Waals surface area (Å²) in [6, 6.07) is 4.43. The molecule has 3 aromatic rings. The minimum atomic E-state index is 0.0487. The Morgan fingerprint density at radius 3 is 2.71 bits per heavy atom. The molecule has 0 saturated carbocycles. The van der Waals surface area contributed by atoms with Crippen LogP contribution in [-0.4, -0.2) is 52.3 Å². The highest BCUT2D eigenvalue weighted by atomic mass is 32.1. The zero-order valence-corrected chi connectivity index (χ0v) is 17.8. The lowest BCUT2D eigenvalue weighted by Crippen LogP contribution is -2.39. The SMILES string of the molecule is Cc1cc(C)c2nc(N3CCC(CN(C)C(=O)c4cnn(C)c4)CC3)sc2c1. The van der Waals surface area contributed by atoms with Gasteiger partial charge in [-0.3, -0.25) is 9.48 Å². The van der Waals surface area contributed by atoms with E-state index in [9.17, 15) is 4.79 Å². The maximum atomic E-state index is 12.5. The second-order valence-corrected chi connectivity index (χ2v) is 8.95. The molecule has 7 heteroatoms. The number of carbonyl (C=O) groups is 1. The molecule has 6 nitrogen and oxygen atoms in total. The zero-order chi connectivity index (χ0) is 19.8. The lowest BCUT2D eigenvalue weighted by molar-refractivity contribution is 0.0765. The number of piperidine rings is 1. The second-order valence-electron chi connectivity index (χ2n) is 7.94. The molecule has 3 heterocycles. The van der Waals surface area contributed by atoms with Crippen molar-refractivity contribution in [1.82, 2.24) is 19.7 Å². The van der Waals surface area contributed by atoms with E-state index in [0.29, 0.717) is 11.5 Å². The Hall–Kier alpha value is -2.41. The van der Waals surface area contributed by atoms with Crippen molar-refractivity contribution in [3.63, 3.8) is 0 Å². The number of aryl methyl sites for hydroxylation is 3. The summed E-state index contributed by atoms with van der Waals surface area (Å²) in [5.74, 6) is 0.577. The summed E-state index contributed by atoms with van der Waals surface area (Å²) in [5.41, 5.74) is 4.33. The third-order valence-electron chi connectivity index (χ3n) is 5.53. The maximum Gasteiger partial charge on any atom is 0.256 e. The Balaban J connectivity index is 1.37. The number of anilines is 1. The fraction of sp³-hybridized carbons (Fsp3) is 0.476. The van der Waals surface area contributed by atoms with Crippen molar-refractivity contribution < 1.29 is 4.79 Å². The number of fused-ring (bicyclic) bond motifs is 1. The molecule has 0 aliphatic carbocycles. The van der Waals surface area contributed by atoms with E-state index in [-0.39, 0.29) is 5.91 Å². The van der Waals surface area contributed by atoms with Crippen molar-refractivity contribution in [1.29, 1.82) is 0 Å². The summed E-state index contributed by atoms with van der Waals surface area (Å²) >= 11 is 1.79. The van der Waals surface area contributed by atoms with Crippen LogP contribution in [0, 0.1) is 19.8 Å². The zero-order valence-electron chi connectivity index (χ0n) is 17.0. The van der Waals surface area contributed by atoms with Crippen LogP contribution in [0.1, 0.15) is 34.3 Å². The Bertz CT molecular complexity index is 1000. The molecule has 0 bridgehead atoms. The van der Waals surface area contributed by atoms with Crippen LogP contribution >= 0.6 is 11.3 Å². The van der Waals surface area contributed by atoms with Crippen molar-refractivity contribution in [3.05, 3.63) is 41.2 Å². The normalized spacial score (nSPS) is 15.4. The Kier molecular flexibility index (Phi) is 5.10. The highest BCUT2D eigenvalue weighted by Crippen LogP contribution is 2.33. The molecule has 0 N–H and O–H groups in total. The standard InChI is InChI=1S/C21H27N5OS/c1-14-9-15(2)19-18(10-14)28-21(23-19)26-7-5-16(6-8-26)12-24(3)20(27)17-11-22-25(4)13-17/h9-11,13,16H,5-8,12H2,1-4H3. The Morgan fingerprint density at radius 1 is 1.29 bits per heavy atom. The van der Waals surface area contributed by atoms with E-state index in [4.69, 9.17) is 4.98 Å². The smallest absolute Gasteiger partial charge is 0.256 e. The van der Waals surface area contributed by atoms with E-state index in [1.54, 1.807) is 28.4 Å². The first kappa shape index (κ1) is 18.9. The summed E-state index contributed by atoms with van der Waals surface area (Å²) in [7, 11) is 3.72. The van der Waals surface area contributed by atoms with Gasteiger partial charge >= 0.3 is 0 Å². The quantitative estimate of drug-likeness (QED) is 0.675. The molecule has 2 aromatic heterocycles. The monoisotopic (exact) mass is 397 g/mol. The van der Waals surface area contributed by atoms with Gasteiger partial charge in [0.25, 0.3) is 5.91 Å². The van der Waals surface area contributed by atoms with Crippen molar-refractivity contribution in [2.24, 2.45) is 13.0 Å². The van der Waals surface area contributed by atoms with Crippen molar-refractivity contribution in [2.45, 2.75) is 26.7 Å². The number of benzene rings is 1. The number of thiazole rings is 1. The predicted octanol–water partition coefficient (Wildman–Crippen LogP) is 3.64. The lowest BCUT2D eigenvalue weighted by atomic mass is 9.96. The number of hydrogen-bond donors (Lipinski definition) is 0. The average molecular weight is 398 g/mol. The van der Waals surface area contributed by atoms with Gasteiger partial charge in [0.1, 0.15) is 0 Å². The summed E-state index contributed by atoms with van der Waals surface area (Å²) in [6.45, 7) is 7.06. The van der Waals surface area contributed by atoms with Gasteiger partial charge < -0.3 is 9.80 Å². The number of carbonyl (C=O) groups excluding carboxylic acids is 1. The number of nitrogens with zero attached hydrogens (tertiary/aromatic N) is 5. The molecule has 0 spiro atoms. The molecule has 148 valence electrons. The summed E-state index contributed by atoms with van der Waals surface area (Å²) < 4.78 is 2.94. The topological polar surface area (TPSA) is 54.3 Å². The van der Waals surface area contributed by atoms with E-state index >= 15 is 0 Å². The first-order valence-electron chi connectivity index (χ1n) is 9.77. The summed E-state index contributed by atoms with van der Waals surface area (Å²) in [6.07, 6.45) is 5.58. The van der Waals surface area contributed by atoms with Crippen LogP contribution in [0.5, 0.6) is 0 Å². The lowest BCUT2D eigenvalue weighted by Gasteiger charge is -2.33. The molecular weight excluding hydrogens is 370 g/mol. The van der Waals surface area contributed by atoms with Gasteiger partial charge in [-0.15, -0.1) is 0 Å². The molecule has 0 unspecified atom stereocenters.